The lowest BCUT2D eigenvalue weighted by atomic mass is 10.1. The van der Waals surface area contributed by atoms with Gasteiger partial charge in [0.05, 0.1) is 19.9 Å². The van der Waals surface area contributed by atoms with Crippen molar-refractivity contribution in [3.63, 3.8) is 0 Å². The first kappa shape index (κ1) is 17.5. The number of nitrogens with one attached hydrogen (secondary N) is 1. The summed E-state index contributed by atoms with van der Waals surface area (Å²) in [5.41, 5.74) is 3.39. The molecule has 0 aliphatic carbocycles. The molecule has 0 unspecified atom stereocenters. The fraction of sp³-hybridized carbons (Fsp3) is 0.143. The number of hydrogen-bond donors (Lipinski definition) is 1. The zero-order chi connectivity index (χ0) is 18.4. The van der Waals surface area contributed by atoms with Gasteiger partial charge in [-0.2, -0.15) is 0 Å². The molecular weight excluding hydrogens is 328 g/mol. The Hall–Kier alpha value is -3.34. The molecule has 1 amide bonds. The summed E-state index contributed by atoms with van der Waals surface area (Å²) in [5, 5.41) is 2.91. The molecule has 3 rings (SSSR count). The van der Waals surface area contributed by atoms with Gasteiger partial charge in [0.2, 0.25) is 0 Å². The van der Waals surface area contributed by atoms with Gasteiger partial charge >= 0.3 is 0 Å². The highest BCUT2D eigenvalue weighted by atomic mass is 16.5. The smallest absolute Gasteiger partial charge is 0.251 e. The maximum absolute atomic E-state index is 12.4. The highest BCUT2D eigenvalue weighted by Gasteiger charge is 2.08. The molecule has 0 spiro atoms. The molecule has 1 aromatic heterocycles. The SMILES string of the molecule is COc1ccc(CNC(=O)c2ccc(-c3ccccn3)cc2)cc1OC. The summed E-state index contributed by atoms with van der Waals surface area (Å²) >= 11 is 0. The minimum atomic E-state index is -0.132. The number of hydrogen-bond acceptors (Lipinski definition) is 4. The van der Waals surface area contributed by atoms with Crippen molar-refractivity contribution in [3.8, 4) is 22.8 Å². The summed E-state index contributed by atoms with van der Waals surface area (Å²) in [4.78, 5) is 16.7. The Morgan fingerprint density at radius 3 is 2.38 bits per heavy atom. The number of benzene rings is 2. The van der Waals surface area contributed by atoms with Gasteiger partial charge in [-0.1, -0.05) is 24.3 Å². The van der Waals surface area contributed by atoms with E-state index in [1.807, 2.05) is 48.5 Å². The predicted molar refractivity (Wildman–Crippen MR) is 100 cm³/mol. The molecule has 5 nitrogen and oxygen atoms in total. The lowest BCUT2D eigenvalue weighted by Gasteiger charge is -2.10. The average molecular weight is 348 g/mol. The van der Waals surface area contributed by atoms with Gasteiger partial charge in [0, 0.05) is 23.9 Å². The molecule has 0 saturated carbocycles. The summed E-state index contributed by atoms with van der Waals surface area (Å²) in [5.74, 6) is 1.17. The Labute approximate surface area is 152 Å². The van der Waals surface area contributed by atoms with Crippen LogP contribution in [-0.4, -0.2) is 25.1 Å². The van der Waals surface area contributed by atoms with Crippen molar-refractivity contribution in [3.05, 3.63) is 78.0 Å². The first-order valence-electron chi connectivity index (χ1n) is 8.22. The van der Waals surface area contributed by atoms with Gasteiger partial charge in [0.25, 0.3) is 5.91 Å². The van der Waals surface area contributed by atoms with E-state index in [1.165, 1.54) is 0 Å². The Kier molecular flexibility index (Phi) is 5.49. The number of carbonyl (C=O) groups is 1. The van der Waals surface area contributed by atoms with Gasteiger partial charge < -0.3 is 14.8 Å². The van der Waals surface area contributed by atoms with E-state index < -0.39 is 0 Å². The lowest BCUT2D eigenvalue weighted by molar-refractivity contribution is 0.0951. The van der Waals surface area contributed by atoms with Crippen LogP contribution in [0.5, 0.6) is 11.5 Å². The van der Waals surface area contributed by atoms with Crippen LogP contribution in [0.3, 0.4) is 0 Å². The van der Waals surface area contributed by atoms with E-state index in [0.29, 0.717) is 23.6 Å². The van der Waals surface area contributed by atoms with Crippen molar-refractivity contribution in [2.75, 3.05) is 14.2 Å². The zero-order valence-electron chi connectivity index (χ0n) is 14.7. The number of amides is 1. The van der Waals surface area contributed by atoms with Gasteiger partial charge in [0.15, 0.2) is 11.5 Å². The number of carbonyl (C=O) groups excluding carboxylic acids is 1. The fourth-order valence-electron chi connectivity index (χ4n) is 2.60. The van der Waals surface area contributed by atoms with Crippen LogP contribution in [0.2, 0.25) is 0 Å². The average Bonchev–Trinajstić information content (AvgIpc) is 2.72. The molecular formula is C21H20N2O3. The zero-order valence-corrected chi connectivity index (χ0v) is 14.7. The predicted octanol–water partition coefficient (Wildman–Crippen LogP) is 3.70. The number of methoxy groups -OCH3 is 2. The molecule has 3 aromatic rings. The van der Waals surface area contributed by atoms with Crippen LogP contribution in [0.25, 0.3) is 11.3 Å². The summed E-state index contributed by atoms with van der Waals surface area (Å²) in [7, 11) is 3.18. The van der Waals surface area contributed by atoms with Crippen molar-refractivity contribution in [1.29, 1.82) is 0 Å². The lowest BCUT2D eigenvalue weighted by Crippen LogP contribution is -2.22. The number of pyridine rings is 1. The monoisotopic (exact) mass is 348 g/mol. The van der Waals surface area contributed by atoms with E-state index in [4.69, 9.17) is 9.47 Å². The highest BCUT2D eigenvalue weighted by Crippen LogP contribution is 2.27. The second kappa shape index (κ2) is 8.16. The van der Waals surface area contributed by atoms with Crippen LogP contribution < -0.4 is 14.8 Å². The molecule has 0 saturated heterocycles. The quantitative estimate of drug-likeness (QED) is 0.738. The first-order valence-corrected chi connectivity index (χ1v) is 8.22. The van der Waals surface area contributed by atoms with E-state index in [0.717, 1.165) is 16.8 Å². The van der Waals surface area contributed by atoms with Crippen LogP contribution in [0.4, 0.5) is 0 Å². The summed E-state index contributed by atoms with van der Waals surface area (Å²) in [6.45, 7) is 0.404. The van der Waals surface area contributed by atoms with Gasteiger partial charge in [-0.25, -0.2) is 0 Å². The maximum Gasteiger partial charge on any atom is 0.251 e. The van der Waals surface area contributed by atoms with Gasteiger partial charge in [-0.05, 0) is 42.0 Å². The van der Waals surface area contributed by atoms with Crippen molar-refractivity contribution in [1.82, 2.24) is 10.3 Å². The fourth-order valence-corrected chi connectivity index (χ4v) is 2.60. The van der Waals surface area contributed by atoms with Gasteiger partial charge in [0.1, 0.15) is 0 Å². The summed E-state index contributed by atoms with van der Waals surface area (Å²) < 4.78 is 10.5. The molecule has 0 fully saturated rings. The molecule has 2 aromatic carbocycles. The van der Waals surface area contributed by atoms with E-state index >= 15 is 0 Å². The Bertz CT molecular complexity index is 878. The van der Waals surface area contributed by atoms with E-state index in [9.17, 15) is 4.79 Å². The van der Waals surface area contributed by atoms with E-state index in [1.54, 1.807) is 32.5 Å². The highest BCUT2D eigenvalue weighted by molar-refractivity contribution is 5.94. The van der Waals surface area contributed by atoms with E-state index in [-0.39, 0.29) is 5.91 Å². The molecule has 5 heteroatoms. The molecule has 0 aliphatic heterocycles. The maximum atomic E-state index is 12.4. The Morgan fingerprint density at radius 2 is 1.73 bits per heavy atom. The Morgan fingerprint density at radius 1 is 0.962 bits per heavy atom. The normalized spacial score (nSPS) is 10.2. The van der Waals surface area contributed by atoms with Crippen LogP contribution >= 0.6 is 0 Å². The van der Waals surface area contributed by atoms with Gasteiger partial charge in [-0.3, -0.25) is 9.78 Å². The summed E-state index contributed by atoms with van der Waals surface area (Å²) in [6.07, 6.45) is 1.75. The second-order valence-corrected chi connectivity index (χ2v) is 5.66. The van der Waals surface area contributed by atoms with Crippen molar-refractivity contribution >= 4 is 5.91 Å². The molecule has 1 heterocycles. The third-order valence-electron chi connectivity index (χ3n) is 4.01. The van der Waals surface area contributed by atoms with Crippen molar-refractivity contribution in [2.45, 2.75) is 6.54 Å². The number of nitrogens with zero attached hydrogens (tertiary/aromatic N) is 1. The standard InChI is InChI=1S/C21H20N2O3/c1-25-19-11-6-15(13-20(19)26-2)14-23-21(24)17-9-7-16(8-10-17)18-5-3-4-12-22-18/h3-13H,14H2,1-2H3,(H,23,24). The van der Waals surface area contributed by atoms with E-state index in [2.05, 4.69) is 10.3 Å². The Balaban J connectivity index is 1.65. The van der Waals surface area contributed by atoms with Crippen molar-refractivity contribution < 1.29 is 14.3 Å². The third-order valence-corrected chi connectivity index (χ3v) is 4.01. The van der Waals surface area contributed by atoms with Crippen LogP contribution in [0.15, 0.2) is 66.9 Å². The molecule has 0 atom stereocenters. The number of rotatable bonds is 6. The third kappa shape index (κ3) is 4.00. The van der Waals surface area contributed by atoms with Crippen molar-refractivity contribution in [2.24, 2.45) is 0 Å². The minimum absolute atomic E-state index is 0.132. The minimum Gasteiger partial charge on any atom is -0.493 e. The second-order valence-electron chi connectivity index (χ2n) is 5.66. The largest absolute Gasteiger partial charge is 0.493 e. The molecule has 0 aliphatic rings. The van der Waals surface area contributed by atoms with Crippen LogP contribution in [0, 0.1) is 0 Å². The number of aromatic nitrogens is 1. The van der Waals surface area contributed by atoms with Crippen LogP contribution in [-0.2, 0) is 6.54 Å². The topological polar surface area (TPSA) is 60.5 Å². The molecule has 0 radical (unpaired) electrons. The molecule has 0 bridgehead atoms. The molecule has 26 heavy (non-hydrogen) atoms. The van der Waals surface area contributed by atoms with Crippen LogP contribution in [0.1, 0.15) is 15.9 Å². The number of ether oxygens (including phenoxy) is 2. The first-order chi connectivity index (χ1) is 12.7. The van der Waals surface area contributed by atoms with Gasteiger partial charge in [-0.15, -0.1) is 0 Å². The molecule has 1 N–H and O–H groups in total. The molecule has 132 valence electrons. The summed E-state index contributed by atoms with van der Waals surface area (Å²) in [6, 6.07) is 18.7.